The van der Waals surface area contributed by atoms with Gasteiger partial charge < -0.3 is 19.5 Å². The lowest BCUT2D eigenvalue weighted by Gasteiger charge is -2.42. The predicted molar refractivity (Wildman–Crippen MR) is 70.7 cm³/mol. The molecule has 1 aliphatic heterocycles. The van der Waals surface area contributed by atoms with Gasteiger partial charge in [-0.25, -0.2) is 0 Å². The van der Waals surface area contributed by atoms with E-state index in [1.54, 1.807) is 14.2 Å². The molecule has 1 aromatic carbocycles. The molecule has 0 spiro atoms. The van der Waals surface area contributed by atoms with Crippen LogP contribution >= 0.6 is 0 Å². The van der Waals surface area contributed by atoms with Gasteiger partial charge in [0.1, 0.15) is 11.5 Å². The van der Waals surface area contributed by atoms with Crippen LogP contribution in [-0.4, -0.2) is 41.0 Å². The van der Waals surface area contributed by atoms with Crippen LogP contribution in [-0.2, 0) is 10.2 Å². The summed E-state index contributed by atoms with van der Waals surface area (Å²) in [6, 6.07) is 4.11. The van der Waals surface area contributed by atoms with Crippen LogP contribution in [0.15, 0.2) is 12.1 Å². The standard InChI is InChI=1S/C14H21NO3/c1-10-5-13(17-4)11(6-12(10)16-3)14(7-15-2)8-18-9-14/h5-6,15H,7-9H2,1-4H3. The van der Waals surface area contributed by atoms with Gasteiger partial charge in [0.2, 0.25) is 0 Å². The maximum absolute atomic E-state index is 5.51. The van der Waals surface area contributed by atoms with Crippen LogP contribution in [0, 0.1) is 6.92 Å². The van der Waals surface area contributed by atoms with Crippen LogP contribution in [0.1, 0.15) is 11.1 Å². The lowest BCUT2D eigenvalue weighted by atomic mass is 9.77. The number of ether oxygens (including phenoxy) is 3. The maximum atomic E-state index is 5.51. The van der Waals surface area contributed by atoms with E-state index in [0.29, 0.717) is 0 Å². The Balaban J connectivity index is 2.47. The predicted octanol–water partition coefficient (Wildman–Crippen LogP) is 1.50. The molecule has 1 fully saturated rings. The van der Waals surface area contributed by atoms with E-state index in [-0.39, 0.29) is 5.41 Å². The van der Waals surface area contributed by atoms with Crippen LogP contribution < -0.4 is 14.8 Å². The summed E-state index contributed by atoms with van der Waals surface area (Å²) in [5, 5.41) is 3.24. The number of methoxy groups -OCH3 is 2. The van der Waals surface area contributed by atoms with Crippen molar-refractivity contribution in [2.24, 2.45) is 0 Å². The Hall–Kier alpha value is -1.26. The Morgan fingerprint density at radius 1 is 1.22 bits per heavy atom. The quantitative estimate of drug-likeness (QED) is 0.861. The van der Waals surface area contributed by atoms with E-state index >= 15 is 0 Å². The molecule has 0 radical (unpaired) electrons. The largest absolute Gasteiger partial charge is 0.496 e. The van der Waals surface area contributed by atoms with E-state index in [9.17, 15) is 0 Å². The average Bonchev–Trinajstić information content (AvgIpc) is 2.33. The third-order valence-corrected chi connectivity index (χ3v) is 3.56. The molecular formula is C14H21NO3. The summed E-state index contributed by atoms with van der Waals surface area (Å²) in [6.07, 6.45) is 0. The zero-order valence-electron chi connectivity index (χ0n) is 11.5. The van der Waals surface area contributed by atoms with Gasteiger partial charge in [-0.3, -0.25) is 0 Å². The Bertz CT molecular complexity index is 427. The van der Waals surface area contributed by atoms with E-state index in [1.165, 1.54) is 0 Å². The Kier molecular flexibility index (Phi) is 3.78. The zero-order chi connectivity index (χ0) is 13.2. The highest BCUT2D eigenvalue weighted by Crippen LogP contribution is 2.40. The summed E-state index contributed by atoms with van der Waals surface area (Å²) in [6.45, 7) is 4.33. The number of likely N-dealkylation sites (N-methyl/N-ethyl adjacent to an activating group) is 1. The molecule has 100 valence electrons. The second kappa shape index (κ2) is 5.16. The molecule has 0 amide bonds. The number of hydrogen-bond donors (Lipinski definition) is 1. The van der Waals surface area contributed by atoms with E-state index in [1.807, 2.05) is 20.0 Å². The molecule has 1 aromatic rings. The zero-order valence-corrected chi connectivity index (χ0v) is 11.5. The van der Waals surface area contributed by atoms with Crippen molar-refractivity contribution in [2.45, 2.75) is 12.3 Å². The first-order valence-electron chi connectivity index (χ1n) is 6.12. The fraction of sp³-hybridized carbons (Fsp3) is 0.571. The molecule has 1 aliphatic rings. The van der Waals surface area contributed by atoms with E-state index in [0.717, 1.165) is 42.4 Å². The molecule has 4 heteroatoms. The minimum atomic E-state index is 0.00106. The maximum Gasteiger partial charge on any atom is 0.123 e. The van der Waals surface area contributed by atoms with Crippen molar-refractivity contribution in [1.29, 1.82) is 0 Å². The number of benzene rings is 1. The highest BCUT2D eigenvalue weighted by Gasteiger charge is 2.42. The number of nitrogens with one attached hydrogen (secondary N) is 1. The minimum absolute atomic E-state index is 0.00106. The van der Waals surface area contributed by atoms with E-state index in [2.05, 4.69) is 11.4 Å². The molecule has 2 rings (SSSR count). The van der Waals surface area contributed by atoms with Gasteiger partial charge in [-0.15, -0.1) is 0 Å². The lowest BCUT2D eigenvalue weighted by molar-refractivity contribution is -0.0592. The number of hydrogen-bond acceptors (Lipinski definition) is 4. The SMILES string of the molecule is CNCC1(c2cc(OC)c(C)cc2OC)COC1. The summed E-state index contributed by atoms with van der Waals surface area (Å²) in [5.74, 6) is 1.81. The summed E-state index contributed by atoms with van der Waals surface area (Å²) >= 11 is 0. The summed E-state index contributed by atoms with van der Waals surface area (Å²) in [7, 11) is 5.36. The molecule has 0 unspecified atom stereocenters. The monoisotopic (exact) mass is 251 g/mol. The minimum Gasteiger partial charge on any atom is -0.496 e. The second-order valence-corrected chi connectivity index (χ2v) is 4.83. The fourth-order valence-corrected chi connectivity index (χ4v) is 2.50. The van der Waals surface area contributed by atoms with Crippen LogP contribution in [0.4, 0.5) is 0 Å². The van der Waals surface area contributed by atoms with Gasteiger partial charge >= 0.3 is 0 Å². The third kappa shape index (κ3) is 2.06. The topological polar surface area (TPSA) is 39.7 Å². The molecule has 0 saturated carbocycles. The van der Waals surface area contributed by atoms with Crippen molar-refractivity contribution in [3.63, 3.8) is 0 Å². The van der Waals surface area contributed by atoms with Crippen molar-refractivity contribution in [2.75, 3.05) is 41.0 Å². The van der Waals surface area contributed by atoms with Gasteiger partial charge in [0, 0.05) is 12.1 Å². The molecule has 0 aliphatic carbocycles. The van der Waals surface area contributed by atoms with Gasteiger partial charge in [-0.1, -0.05) is 0 Å². The van der Waals surface area contributed by atoms with Crippen LogP contribution in [0.25, 0.3) is 0 Å². The molecule has 0 atom stereocenters. The first kappa shape index (κ1) is 13.2. The van der Waals surface area contributed by atoms with E-state index < -0.39 is 0 Å². The summed E-state index contributed by atoms with van der Waals surface area (Å²) in [4.78, 5) is 0. The molecule has 1 heterocycles. The van der Waals surface area contributed by atoms with Crippen molar-refractivity contribution < 1.29 is 14.2 Å². The van der Waals surface area contributed by atoms with Crippen molar-refractivity contribution >= 4 is 0 Å². The van der Waals surface area contributed by atoms with Crippen molar-refractivity contribution in [3.05, 3.63) is 23.3 Å². The second-order valence-electron chi connectivity index (χ2n) is 4.83. The first-order valence-corrected chi connectivity index (χ1v) is 6.12. The third-order valence-electron chi connectivity index (χ3n) is 3.56. The smallest absolute Gasteiger partial charge is 0.123 e. The van der Waals surface area contributed by atoms with Crippen molar-refractivity contribution in [3.8, 4) is 11.5 Å². The lowest BCUT2D eigenvalue weighted by Crippen LogP contribution is -2.53. The fourth-order valence-electron chi connectivity index (χ4n) is 2.50. The first-order chi connectivity index (χ1) is 8.66. The van der Waals surface area contributed by atoms with Gasteiger partial charge in [0.15, 0.2) is 0 Å². The molecule has 1 N–H and O–H groups in total. The Morgan fingerprint density at radius 3 is 2.33 bits per heavy atom. The number of rotatable bonds is 5. The van der Waals surface area contributed by atoms with E-state index in [4.69, 9.17) is 14.2 Å². The van der Waals surface area contributed by atoms with Crippen LogP contribution in [0.2, 0.25) is 0 Å². The van der Waals surface area contributed by atoms with Crippen LogP contribution in [0.3, 0.4) is 0 Å². The van der Waals surface area contributed by atoms with Crippen molar-refractivity contribution in [1.82, 2.24) is 5.32 Å². The van der Waals surface area contributed by atoms with Gasteiger partial charge in [0.05, 0.1) is 32.8 Å². The van der Waals surface area contributed by atoms with Gasteiger partial charge in [0.25, 0.3) is 0 Å². The molecule has 0 bridgehead atoms. The van der Waals surface area contributed by atoms with Crippen LogP contribution in [0.5, 0.6) is 11.5 Å². The molecule has 18 heavy (non-hydrogen) atoms. The van der Waals surface area contributed by atoms with Gasteiger partial charge in [-0.05, 0) is 31.7 Å². The Morgan fingerprint density at radius 2 is 1.89 bits per heavy atom. The average molecular weight is 251 g/mol. The molecule has 1 saturated heterocycles. The molecular weight excluding hydrogens is 230 g/mol. The summed E-state index contributed by atoms with van der Waals surface area (Å²) in [5.41, 5.74) is 2.24. The molecule has 0 aromatic heterocycles. The normalized spacial score (nSPS) is 17.1. The van der Waals surface area contributed by atoms with Gasteiger partial charge in [-0.2, -0.15) is 0 Å². The highest BCUT2D eigenvalue weighted by atomic mass is 16.5. The molecule has 4 nitrogen and oxygen atoms in total. The number of aryl methyl sites for hydroxylation is 1. The summed E-state index contributed by atoms with van der Waals surface area (Å²) < 4.78 is 16.3. The Labute approximate surface area is 108 Å². The highest BCUT2D eigenvalue weighted by molar-refractivity contribution is 5.50.